The highest BCUT2D eigenvalue weighted by Crippen LogP contribution is 2.21. The first-order valence-electron chi connectivity index (χ1n) is 5.19. The van der Waals surface area contributed by atoms with Gasteiger partial charge in [-0.2, -0.15) is 0 Å². The van der Waals surface area contributed by atoms with E-state index in [0.717, 1.165) is 6.42 Å². The molecule has 14 heavy (non-hydrogen) atoms. The van der Waals surface area contributed by atoms with Crippen molar-refractivity contribution in [3.05, 3.63) is 35.4 Å². The number of hydrogen-bond acceptors (Lipinski definition) is 2. The van der Waals surface area contributed by atoms with Gasteiger partial charge in [0.2, 0.25) is 0 Å². The summed E-state index contributed by atoms with van der Waals surface area (Å²) in [5.41, 5.74) is 5.40. The van der Waals surface area contributed by atoms with E-state index in [1.54, 1.807) is 7.05 Å². The first-order chi connectivity index (χ1) is 6.79. The maximum atomic E-state index is 5.36. The third-order valence-corrected chi connectivity index (χ3v) is 2.31. The van der Waals surface area contributed by atoms with Crippen LogP contribution in [0.25, 0.3) is 0 Å². The summed E-state index contributed by atoms with van der Waals surface area (Å²) in [6, 6.07) is 8.45. The minimum absolute atomic E-state index is 0.114. The van der Waals surface area contributed by atoms with Gasteiger partial charge in [-0.3, -0.25) is 4.84 Å². The van der Waals surface area contributed by atoms with Crippen molar-refractivity contribution in [3.8, 4) is 0 Å². The molecular weight excluding hydrogens is 174 g/mol. The molecule has 0 aliphatic carbocycles. The monoisotopic (exact) mass is 193 g/mol. The molecule has 0 unspecified atom stereocenters. The molecule has 1 atom stereocenters. The van der Waals surface area contributed by atoms with Crippen molar-refractivity contribution in [1.82, 2.24) is 5.48 Å². The molecule has 0 aliphatic heterocycles. The lowest BCUT2D eigenvalue weighted by molar-refractivity contribution is -0.00304. The molecule has 0 saturated heterocycles. The van der Waals surface area contributed by atoms with Crippen molar-refractivity contribution in [2.45, 2.75) is 32.8 Å². The SMILES string of the molecule is CCCc1ccccc1[C@H](C)ONC. The quantitative estimate of drug-likeness (QED) is 0.726. The zero-order chi connectivity index (χ0) is 10.4. The maximum absolute atomic E-state index is 5.36. The molecule has 0 radical (unpaired) electrons. The number of rotatable bonds is 5. The van der Waals surface area contributed by atoms with Gasteiger partial charge in [0.15, 0.2) is 0 Å². The summed E-state index contributed by atoms with van der Waals surface area (Å²) in [7, 11) is 1.79. The summed E-state index contributed by atoms with van der Waals surface area (Å²) in [6.45, 7) is 4.26. The van der Waals surface area contributed by atoms with Crippen LogP contribution in [0.2, 0.25) is 0 Å². The predicted octanol–water partition coefficient (Wildman–Crippen LogP) is 2.85. The smallest absolute Gasteiger partial charge is 0.101 e. The lowest BCUT2D eigenvalue weighted by Gasteiger charge is -2.15. The van der Waals surface area contributed by atoms with E-state index in [4.69, 9.17) is 4.84 Å². The number of benzene rings is 1. The van der Waals surface area contributed by atoms with Gasteiger partial charge in [0, 0.05) is 7.05 Å². The maximum Gasteiger partial charge on any atom is 0.101 e. The van der Waals surface area contributed by atoms with Gasteiger partial charge in [-0.15, -0.1) is 0 Å². The molecule has 0 saturated carbocycles. The van der Waals surface area contributed by atoms with E-state index in [9.17, 15) is 0 Å². The van der Waals surface area contributed by atoms with Crippen molar-refractivity contribution < 1.29 is 4.84 Å². The normalized spacial score (nSPS) is 12.8. The Morgan fingerprint density at radius 2 is 2.07 bits per heavy atom. The van der Waals surface area contributed by atoms with Gasteiger partial charge in [-0.05, 0) is 24.5 Å². The highest BCUT2D eigenvalue weighted by Gasteiger charge is 2.09. The summed E-state index contributed by atoms with van der Waals surface area (Å²) in [5, 5.41) is 0. The average Bonchev–Trinajstić information content (AvgIpc) is 2.19. The van der Waals surface area contributed by atoms with E-state index in [1.807, 2.05) is 0 Å². The molecule has 0 heterocycles. The van der Waals surface area contributed by atoms with E-state index in [-0.39, 0.29) is 6.10 Å². The molecule has 0 aromatic heterocycles. The van der Waals surface area contributed by atoms with E-state index >= 15 is 0 Å². The second-order valence-corrected chi connectivity index (χ2v) is 3.41. The third kappa shape index (κ3) is 2.82. The molecule has 1 rings (SSSR count). The Morgan fingerprint density at radius 3 is 2.71 bits per heavy atom. The average molecular weight is 193 g/mol. The second kappa shape index (κ2) is 5.78. The molecule has 0 spiro atoms. The Hall–Kier alpha value is -0.860. The Morgan fingerprint density at radius 1 is 1.36 bits per heavy atom. The minimum Gasteiger partial charge on any atom is -0.294 e. The van der Waals surface area contributed by atoms with E-state index in [2.05, 4.69) is 43.6 Å². The standard InChI is InChI=1S/C12H19NO/c1-4-7-11-8-5-6-9-12(11)10(2)14-13-3/h5-6,8-10,13H,4,7H2,1-3H3/t10-/m0/s1. The highest BCUT2D eigenvalue weighted by molar-refractivity contribution is 5.28. The highest BCUT2D eigenvalue weighted by atomic mass is 16.7. The molecule has 1 aromatic rings. The van der Waals surface area contributed by atoms with Crippen molar-refractivity contribution >= 4 is 0 Å². The summed E-state index contributed by atoms with van der Waals surface area (Å²) in [4.78, 5) is 5.36. The number of hydrogen-bond donors (Lipinski definition) is 1. The van der Waals surface area contributed by atoms with Crippen LogP contribution in [0.3, 0.4) is 0 Å². The largest absolute Gasteiger partial charge is 0.294 e. The minimum atomic E-state index is 0.114. The number of aryl methyl sites for hydroxylation is 1. The van der Waals surface area contributed by atoms with E-state index in [1.165, 1.54) is 17.5 Å². The van der Waals surface area contributed by atoms with Crippen LogP contribution in [0.5, 0.6) is 0 Å². The summed E-state index contributed by atoms with van der Waals surface area (Å²) in [6.07, 6.45) is 2.40. The first-order valence-corrected chi connectivity index (χ1v) is 5.19. The van der Waals surface area contributed by atoms with Crippen molar-refractivity contribution in [2.75, 3.05) is 7.05 Å². The molecule has 0 aliphatic rings. The van der Waals surface area contributed by atoms with Crippen LogP contribution in [0.1, 0.15) is 37.5 Å². The number of nitrogens with one attached hydrogen (secondary N) is 1. The van der Waals surface area contributed by atoms with Crippen molar-refractivity contribution in [1.29, 1.82) is 0 Å². The van der Waals surface area contributed by atoms with Gasteiger partial charge in [0.05, 0.1) is 0 Å². The Kier molecular flexibility index (Phi) is 4.63. The first kappa shape index (κ1) is 11.2. The molecule has 78 valence electrons. The molecule has 0 amide bonds. The van der Waals surface area contributed by atoms with Crippen LogP contribution < -0.4 is 5.48 Å². The number of hydroxylamine groups is 1. The van der Waals surface area contributed by atoms with Crippen LogP contribution in [-0.4, -0.2) is 7.05 Å². The fourth-order valence-electron chi connectivity index (χ4n) is 1.67. The van der Waals surface area contributed by atoms with Gasteiger partial charge in [-0.1, -0.05) is 37.6 Å². The zero-order valence-electron chi connectivity index (χ0n) is 9.21. The second-order valence-electron chi connectivity index (χ2n) is 3.41. The van der Waals surface area contributed by atoms with Gasteiger partial charge < -0.3 is 0 Å². The van der Waals surface area contributed by atoms with Crippen LogP contribution in [-0.2, 0) is 11.3 Å². The lowest BCUT2D eigenvalue weighted by Crippen LogP contribution is -2.12. The predicted molar refractivity (Wildman–Crippen MR) is 59.0 cm³/mol. The van der Waals surface area contributed by atoms with Crippen LogP contribution >= 0.6 is 0 Å². The van der Waals surface area contributed by atoms with Gasteiger partial charge in [0.1, 0.15) is 6.10 Å². The molecule has 0 bridgehead atoms. The summed E-state index contributed by atoms with van der Waals surface area (Å²) in [5.74, 6) is 0. The molecule has 2 heteroatoms. The Labute approximate surface area is 86.2 Å². The topological polar surface area (TPSA) is 21.3 Å². The van der Waals surface area contributed by atoms with Crippen LogP contribution in [0.4, 0.5) is 0 Å². The van der Waals surface area contributed by atoms with E-state index < -0.39 is 0 Å². The molecule has 1 aromatic carbocycles. The molecule has 2 nitrogen and oxygen atoms in total. The Balaban J connectivity index is 2.82. The fourth-order valence-corrected chi connectivity index (χ4v) is 1.67. The Bertz CT molecular complexity index is 273. The third-order valence-electron chi connectivity index (χ3n) is 2.31. The fraction of sp³-hybridized carbons (Fsp3) is 0.500. The van der Waals surface area contributed by atoms with Gasteiger partial charge in [0.25, 0.3) is 0 Å². The zero-order valence-corrected chi connectivity index (χ0v) is 9.21. The molecular formula is C12H19NO. The van der Waals surface area contributed by atoms with Crippen molar-refractivity contribution in [3.63, 3.8) is 0 Å². The van der Waals surface area contributed by atoms with Crippen molar-refractivity contribution in [2.24, 2.45) is 0 Å². The molecule has 0 fully saturated rings. The van der Waals surface area contributed by atoms with Crippen LogP contribution in [0.15, 0.2) is 24.3 Å². The lowest BCUT2D eigenvalue weighted by atomic mass is 10.00. The molecule has 1 N–H and O–H groups in total. The summed E-state index contributed by atoms with van der Waals surface area (Å²) < 4.78 is 0. The van der Waals surface area contributed by atoms with Gasteiger partial charge >= 0.3 is 0 Å². The van der Waals surface area contributed by atoms with E-state index in [0.29, 0.717) is 0 Å². The van der Waals surface area contributed by atoms with Crippen LogP contribution in [0, 0.1) is 0 Å². The van der Waals surface area contributed by atoms with Gasteiger partial charge in [-0.25, -0.2) is 5.48 Å². The summed E-state index contributed by atoms with van der Waals surface area (Å²) >= 11 is 0.